The molecule has 0 atom stereocenters. The molecular weight excluding hydrogens is 264 g/mol. The van der Waals surface area contributed by atoms with Crippen molar-refractivity contribution in [3.63, 3.8) is 0 Å². The van der Waals surface area contributed by atoms with Crippen molar-refractivity contribution in [3.8, 4) is 0 Å². The fourth-order valence-electron chi connectivity index (χ4n) is 2.35. The molecule has 2 aromatic carbocycles. The molecule has 0 aliphatic rings. The molecule has 0 aliphatic heterocycles. The van der Waals surface area contributed by atoms with E-state index in [-0.39, 0.29) is 6.42 Å². The molecule has 0 bridgehead atoms. The van der Waals surface area contributed by atoms with E-state index in [9.17, 15) is 4.79 Å². The molecule has 0 aromatic heterocycles. The summed E-state index contributed by atoms with van der Waals surface area (Å²) in [6, 6.07) is 15.7. The van der Waals surface area contributed by atoms with Gasteiger partial charge in [-0.15, -0.1) is 0 Å². The summed E-state index contributed by atoms with van der Waals surface area (Å²) in [4.78, 5) is 12.9. The van der Waals surface area contributed by atoms with Crippen LogP contribution in [0.3, 0.4) is 0 Å². The minimum Gasteiger partial charge on any atom is -0.481 e. The second-order valence-corrected chi connectivity index (χ2v) is 4.96. The van der Waals surface area contributed by atoms with Crippen molar-refractivity contribution in [1.82, 2.24) is 0 Å². The Labute approximate surface area is 124 Å². The Kier molecular flexibility index (Phi) is 4.82. The van der Waals surface area contributed by atoms with Gasteiger partial charge >= 0.3 is 5.97 Å². The van der Waals surface area contributed by atoms with Crippen LogP contribution in [0.1, 0.15) is 18.1 Å². The molecule has 4 nitrogen and oxygen atoms in total. The highest BCUT2D eigenvalue weighted by molar-refractivity contribution is 5.74. The van der Waals surface area contributed by atoms with Gasteiger partial charge in [0.15, 0.2) is 0 Å². The van der Waals surface area contributed by atoms with Crippen molar-refractivity contribution in [1.29, 1.82) is 0 Å². The van der Waals surface area contributed by atoms with Crippen LogP contribution in [-0.2, 0) is 17.8 Å². The van der Waals surface area contributed by atoms with Crippen LogP contribution < -0.4 is 10.6 Å². The maximum absolute atomic E-state index is 10.7. The Balaban J connectivity index is 2.20. The van der Waals surface area contributed by atoms with Gasteiger partial charge in [0.05, 0.1) is 17.8 Å². The number of hydrogen-bond acceptors (Lipinski definition) is 3. The van der Waals surface area contributed by atoms with Crippen LogP contribution in [-0.4, -0.2) is 17.6 Å². The normalized spacial score (nSPS) is 10.3. The van der Waals surface area contributed by atoms with Gasteiger partial charge in [0.1, 0.15) is 0 Å². The van der Waals surface area contributed by atoms with E-state index in [0.717, 1.165) is 24.3 Å². The zero-order valence-corrected chi connectivity index (χ0v) is 12.1. The SMILES string of the molecule is CCN(Cc1ccccc1)c1ccc(CC(=O)O)cc1N. The lowest BCUT2D eigenvalue weighted by atomic mass is 10.1. The van der Waals surface area contributed by atoms with Crippen molar-refractivity contribution in [2.75, 3.05) is 17.2 Å². The van der Waals surface area contributed by atoms with Crippen molar-refractivity contribution < 1.29 is 9.90 Å². The number of carbonyl (C=O) groups is 1. The van der Waals surface area contributed by atoms with Gasteiger partial charge in [-0.1, -0.05) is 36.4 Å². The lowest BCUT2D eigenvalue weighted by Crippen LogP contribution is -2.23. The van der Waals surface area contributed by atoms with E-state index in [2.05, 4.69) is 24.0 Å². The highest BCUT2D eigenvalue weighted by Crippen LogP contribution is 2.26. The molecule has 0 aliphatic carbocycles. The molecule has 0 saturated heterocycles. The summed E-state index contributed by atoms with van der Waals surface area (Å²) in [5.74, 6) is -0.848. The summed E-state index contributed by atoms with van der Waals surface area (Å²) in [5.41, 5.74) is 9.59. The van der Waals surface area contributed by atoms with E-state index in [1.54, 1.807) is 6.07 Å². The third kappa shape index (κ3) is 3.99. The Morgan fingerprint density at radius 3 is 2.43 bits per heavy atom. The number of anilines is 2. The molecule has 0 spiro atoms. The van der Waals surface area contributed by atoms with Gasteiger partial charge in [0.25, 0.3) is 0 Å². The zero-order valence-electron chi connectivity index (χ0n) is 12.1. The van der Waals surface area contributed by atoms with Gasteiger partial charge in [-0.25, -0.2) is 0 Å². The predicted molar refractivity (Wildman–Crippen MR) is 85.4 cm³/mol. The second-order valence-electron chi connectivity index (χ2n) is 4.96. The monoisotopic (exact) mass is 284 g/mol. The van der Waals surface area contributed by atoms with Gasteiger partial charge < -0.3 is 15.7 Å². The van der Waals surface area contributed by atoms with Gasteiger partial charge in [-0.3, -0.25) is 4.79 Å². The molecule has 3 N–H and O–H groups in total. The summed E-state index contributed by atoms with van der Waals surface area (Å²) in [7, 11) is 0. The summed E-state index contributed by atoms with van der Waals surface area (Å²) >= 11 is 0. The van der Waals surface area contributed by atoms with Crippen LogP contribution in [0.25, 0.3) is 0 Å². The molecule has 0 radical (unpaired) electrons. The highest BCUT2D eigenvalue weighted by atomic mass is 16.4. The van der Waals surface area contributed by atoms with E-state index in [1.807, 2.05) is 30.3 Å². The van der Waals surface area contributed by atoms with Crippen LogP contribution in [0.5, 0.6) is 0 Å². The minimum atomic E-state index is -0.848. The molecule has 2 rings (SSSR count). The summed E-state index contributed by atoms with van der Waals surface area (Å²) < 4.78 is 0. The second kappa shape index (κ2) is 6.79. The number of nitrogens with zero attached hydrogens (tertiary/aromatic N) is 1. The Hall–Kier alpha value is -2.49. The third-order valence-electron chi connectivity index (χ3n) is 3.39. The Bertz CT molecular complexity index is 611. The number of aliphatic carboxylic acids is 1. The number of carboxylic acids is 1. The molecule has 0 saturated carbocycles. The largest absolute Gasteiger partial charge is 0.481 e. The smallest absolute Gasteiger partial charge is 0.307 e. The van der Waals surface area contributed by atoms with Crippen LogP contribution in [0, 0.1) is 0 Å². The summed E-state index contributed by atoms with van der Waals surface area (Å²) in [6.45, 7) is 3.69. The summed E-state index contributed by atoms with van der Waals surface area (Å²) in [5, 5.41) is 8.83. The molecule has 0 unspecified atom stereocenters. The Morgan fingerprint density at radius 2 is 1.86 bits per heavy atom. The van der Waals surface area contributed by atoms with Crippen LogP contribution in [0.2, 0.25) is 0 Å². The average molecular weight is 284 g/mol. The lowest BCUT2D eigenvalue weighted by Gasteiger charge is -2.25. The molecule has 21 heavy (non-hydrogen) atoms. The maximum atomic E-state index is 10.7. The highest BCUT2D eigenvalue weighted by Gasteiger charge is 2.10. The first-order valence-electron chi connectivity index (χ1n) is 6.99. The van der Waals surface area contributed by atoms with Crippen molar-refractivity contribution >= 4 is 17.3 Å². The van der Waals surface area contributed by atoms with E-state index in [1.165, 1.54) is 5.56 Å². The third-order valence-corrected chi connectivity index (χ3v) is 3.39. The van der Waals surface area contributed by atoms with Gasteiger partial charge in [0, 0.05) is 13.1 Å². The van der Waals surface area contributed by atoms with E-state index in [4.69, 9.17) is 10.8 Å². The molecule has 4 heteroatoms. The van der Waals surface area contributed by atoms with Gasteiger partial charge in [-0.05, 0) is 30.2 Å². The maximum Gasteiger partial charge on any atom is 0.307 e. The molecular formula is C17H20N2O2. The molecule has 2 aromatic rings. The van der Waals surface area contributed by atoms with Gasteiger partial charge in [-0.2, -0.15) is 0 Å². The topological polar surface area (TPSA) is 66.6 Å². The zero-order chi connectivity index (χ0) is 15.2. The van der Waals surface area contributed by atoms with Crippen LogP contribution >= 0.6 is 0 Å². The quantitative estimate of drug-likeness (QED) is 0.800. The number of benzene rings is 2. The predicted octanol–water partition coefficient (Wildman–Crippen LogP) is 2.92. The molecule has 0 amide bonds. The van der Waals surface area contributed by atoms with Crippen molar-refractivity contribution in [2.45, 2.75) is 19.9 Å². The first-order chi connectivity index (χ1) is 10.1. The van der Waals surface area contributed by atoms with E-state index < -0.39 is 5.97 Å². The van der Waals surface area contributed by atoms with Gasteiger partial charge in [0.2, 0.25) is 0 Å². The molecule has 0 heterocycles. The van der Waals surface area contributed by atoms with E-state index in [0.29, 0.717) is 5.69 Å². The fourth-order valence-corrected chi connectivity index (χ4v) is 2.35. The molecule has 110 valence electrons. The van der Waals surface area contributed by atoms with Crippen molar-refractivity contribution in [2.24, 2.45) is 0 Å². The number of hydrogen-bond donors (Lipinski definition) is 2. The van der Waals surface area contributed by atoms with E-state index >= 15 is 0 Å². The first kappa shape index (κ1) is 14.9. The molecule has 0 fully saturated rings. The van der Waals surface area contributed by atoms with Crippen molar-refractivity contribution in [3.05, 3.63) is 59.7 Å². The number of rotatable bonds is 6. The lowest BCUT2D eigenvalue weighted by molar-refractivity contribution is -0.136. The summed E-state index contributed by atoms with van der Waals surface area (Å²) in [6.07, 6.45) is -0.00467. The fraction of sp³-hybridized carbons (Fsp3) is 0.235. The first-order valence-corrected chi connectivity index (χ1v) is 6.99. The standard InChI is InChI=1S/C17H20N2O2/c1-2-19(12-13-6-4-3-5-7-13)16-9-8-14(10-15(16)18)11-17(20)21/h3-10H,2,11-12,18H2,1H3,(H,20,21). The van der Waals surface area contributed by atoms with Crippen LogP contribution in [0.4, 0.5) is 11.4 Å². The average Bonchev–Trinajstić information content (AvgIpc) is 2.46. The Morgan fingerprint density at radius 1 is 1.14 bits per heavy atom. The number of nitrogen functional groups attached to an aromatic ring is 1. The minimum absolute atomic E-state index is 0.00467. The van der Waals surface area contributed by atoms with Crippen LogP contribution in [0.15, 0.2) is 48.5 Å². The number of nitrogens with two attached hydrogens (primary N) is 1. The number of carboxylic acid groups (broad SMARTS) is 1.